The van der Waals surface area contributed by atoms with Crippen molar-refractivity contribution in [2.24, 2.45) is 5.92 Å². The third kappa shape index (κ3) is 2.64. The molecular weight excluding hydrogens is 300 g/mol. The lowest BCUT2D eigenvalue weighted by Crippen LogP contribution is -2.32. The fraction of sp³-hybridized carbons (Fsp3) is 0.500. The van der Waals surface area contributed by atoms with Crippen LogP contribution in [0.4, 0.5) is 0 Å². The van der Waals surface area contributed by atoms with Crippen LogP contribution >= 0.6 is 0 Å². The average Bonchev–Trinajstić information content (AvgIpc) is 2.99. The van der Waals surface area contributed by atoms with Crippen LogP contribution < -0.4 is 0 Å². The molecule has 2 fully saturated rings. The quantitative estimate of drug-likeness (QED) is 0.855. The first-order valence-electron chi connectivity index (χ1n) is 8.85. The summed E-state index contributed by atoms with van der Waals surface area (Å²) >= 11 is 0. The Kier molecular flexibility index (Phi) is 3.70. The molecule has 4 nitrogen and oxygen atoms in total. The predicted octanol–water partition coefficient (Wildman–Crippen LogP) is 4.07. The summed E-state index contributed by atoms with van der Waals surface area (Å²) in [7, 11) is 0. The molecular formula is C20H24N2O2. The summed E-state index contributed by atoms with van der Waals surface area (Å²) in [5.41, 5.74) is 4.80. The summed E-state index contributed by atoms with van der Waals surface area (Å²) in [5.74, 6) is 1.64. The van der Waals surface area contributed by atoms with Crippen LogP contribution in [0.15, 0.2) is 28.8 Å². The zero-order valence-corrected chi connectivity index (χ0v) is 14.6. The lowest BCUT2D eigenvalue weighted by Gasteiger charge is -2.23. The Labute approximate surface area is 142 Å². The second-order valence-electron chi connectivity index (χ2n) is 7.35. The molecule has 1 amide bonds. The maximum atomic E-state index is 13.0. The van der Waals surface area contributed by atoms with E-state index in [4.69, 9.17) is 4.52 Å². The van der Waals surface area contributed by atoms with Gasteiger partial charge in [0.25, 0.3) is 0 Å². The van der Waals surface area contributed by atoms with E-state index in [0.29, 0.717) is 5.92 Å². The van der Waals surface area contributed by atoms with Gasteiger partial charge in [-0.05, 0) is 62.6 Å². The van der Waals surface area contributed by atoms with Crippen molar-refractivity contribution in [1.29, 1.82) is 0 Å². The molecule has 1 aromatic heterocycles. The standard InChI is InChI=1S/C20H24N2O2/c1-12-6-7-15(9-13(12)2)16-11-17(16)20(23)22-8-4-5-18(22)19-10-14(3)21-24-19/h6-7,9-10,16-18H,4-5,8,11H2,1-3H3/t16-,17+,18-/m0/s1. The highest BCUT2D eigenvalue weighted by atomic mass is 16.5. The Bertz CT molecular complexity index is 780. The molecule has 3 atom stereocenters. The number of aryl methyl sites for hydroxylation is 3. The number of hydrogen-bond acceptors (Lipinski definition) is 3. The third-order valence-electron chi connectivity index (χ3n) is 5.58. The fourth-order valence-electron chi connectivity index (χ4n) is 3.91. The molecule has 0 N–H and O–H groups in total. The minimum Gasteiger partial charge on any atom is -0.359 e. The molecule has 1 saturated carbocycles. The Hall–Kier alpha value is -2.10. The number of aromatic nitrogens is 1. The van der Waals surface area contributed by atoms with Gasteiger partial charge < -0.3 is 9.42 Å². The van der Waals surface area contributed by atoms with Crippen LogP contribution in [0.2, 0.25) is 0 Å². The summed E-state index contributed by atoms with van der Waals surface area (Å²) in [6, 6.07) is 8.63. The predicted molar refractivity (Wildman–Crippen MR) is 91.7 cm³/mol. The molecule has 4 heteroatoms. The highest BCUT2D eigenvalue weighted by Gasteiger charge is 2.48. The Morgan fingerprint density at radius 1 is 1.21 bits per heavy atom. The molecule has 1 aromatic carbocycles. The van der Waals surface area contributed by atoms with Crippen LogP contribution in [0.1, 0.15) is 59.4 Å². The van der Waals surface area contributed by atoms with Gasteiger partial charge in [-0.1, -0.05) is 23.4 Å². The minimum absolute atomic E-state index is 0.0692. The zero-order valence-electron chi connectivity index (χ0n) is 14.6. The van der Waals surface area contributed by atoms with Gasteiger partial charge in [-0.2, -0.15) is 0 Å². The summed E-state index contributed by atoms with van der Waals surface area (Å²) < 4.78 is 5.43. The molecule has 0 bridgehead atoms. The number of hydrogen-bond donors (Lipinski definition) is 0. The van der Waals surface area contributed by atoms with E-state index in [0.717, 1.165) is 37.3 Å². The normalized spacial score (nSPS) is 26.0. The Balaban J connectivity index is 1.49. The molecule has 24 heavy (non-hydrogen) atoms. The number of amides is 1. The van der Waals surface area contributed by atoms with Crippen molar-refractivity contribution in [2.75, 3.05) is 6.54 Å². The molecule has 1 aliphatic carbocycles. The topological polar surface area (TPSA) is 46.3 Å². The van der Waals surface area contributed by atoms with E-state index < -0.39 is 0 Å². The van der Waals surface area contributed by atoms with Crippen LogP contribution in [-0.4, -0.2) is 22.5 Å². The second-order valence-corrected chi connectivity index (χ2v) is 7.35. The van der Waals surface area contributed by atoms with Crippen LogP contribution in [-0.2, 0) is 4.79 Å². The van der Waals surface area contributed by atoms with Gasteiger partial charge in [-0.15, -0.1) is 0 Å². The van der Waals surface area contributed by atoms with Gasteiger partial charge in [-0.3, -0.25) is 4.79 Å². The maximum Gasteiger partial charge on any atom is 0.226 e. The van der Waals surface area contributed by atoms with Gasteiger partial charge in [0, 0.05) is 18.5 Å². The molecule has 126 valence electrons. The van der Waals surface area contributed by atoms with E-state index in [2.05, 4.69) is 37.2 Å². The van der Waals surface area contributed by atoms with E-state index in [9.17, 15) is 4.79 Å². The number of likely N-dealkylation sites (tertiary alicyclic amines) is 1. The summed E-state index contributed by atoms with van der Waals surface area (Å²) in [5, 5.41) is 3.98. The van der Waals surface area contributed by atoms with Crippen molar-refractivity contribution >= 4 is 5.91 Å². The number of carbonyl (C=O) groups excluding carboxylic acids is 1. The van der Waals surface area contributed by atoms with E-state index in [1.165, 1.54) is 16.7 Å². The molecule has 4 rings (SSSR count). The second kappa shape index (κ2) is 5.76. The highest BCUT2D eigenvalue weighted by Crippen LogP contribution is 2.50. The van der Waals surface area contributed by atoms with Crippen molar-refractivity contribution in [1.82, 2.24) is 10.1 Å². The summed E-state index contributed by atoms with van der Waals surface area (Å²) in [4.78, 5) is 15.0. The highest BCUT2D eigenvalue weighted by molar-refractivity contribution is 5.83. The van der Waals surface area contributed by atoms with Crippen molar-refractivity contribution in [3.8, 4) is 0 Å². The Morgan fingerprint density at radius 3 is 2.75 bits per heavy atom. The maximum absolute atomic E-state index is 13.0. The van der Waals surface area contributed by atoms with Crippen molar-refractivity contribution in [3.63, 3.8) is 0 Å². The zero-order chi connectivity index (χ0) is 16.8. The Morgan fingerprint density at radius 2 is 2.04 bits per heavy atom. The first-order valence-corrected chi connectivity index (χ1v) is 8.85. The largest absolute Gasteiger partial charge is 0.359 e. The van der Waals surface area contributed by atoms with Crippen molar-refractivity contribution in [3.05, 3.63) is 52.4 Å². The van der Waals surface area contributed by atoms with Gasteiger partial charge in [-0.25, -0.2) is 0 Å². The molecule has 2 heterocycles. The van der Waals surface area contributed by atoms with Gasteiger partial charge in [0.1, 0.15) is 0 Å². The van der Waals surface area contributed by atoms with Gasteiger partial charge >= 0.3 is 0 Å². The van der Waals surface area contributed by atoms with Gasteiger partial charge in [0.05, 0.1) is 11.7 Å². The first kappa shape index (κ1) is 15.4. The SMILES string of the molecule is Cc1cc([C@@H]2CCCN2C(=O)[C@@H]2C[C@H]2c2ccc(C)c(C)c2)on1. The smallest absolute Gasteiger partial charge is 0.226 e. The van der Waals surface area contributed by atoms with Crippen LogP contribution in [0.25, 0.3) is 0 Å². The van der Waals surface area contributed by atoms with E-state index in [1.54, 1.807) is 0 Å². The fourth-order valence-corrected chi connectivity index (χ4v) is 3.91. The van der Waals surface area contributed by atoms with E-state index in [-0.39, 0.29) is 17.9 Å². The molecule has 2 aromatic rings. The van der Waals surface area contributed by atoms with Crippen LogP contribution in [0.3, 0.4) is 0 Å². The molecule has 0 radical (unpaired) electrons. The summed E-state index contributed by atoms with van der Waals surface area (Å²) in [6.07, 6.45) is 2.98. The minimum atomic E-state index is 0.0692. The number of rotatable bonds is 3. The number of carbonyl (C=O) groups is 1. The number of benzene rings is 1. The van der Waals surface area contributed by atoms with E-state index >= 15 is 0 Å². The number of nitrogens with zero attached hydrogens (tertiary/aromatic N) is 2. The first-order chi connectivity index (χ1) is 11.5. The average molecular weight is 324 g/mol. The lowest BCUT2D eigenvalue weighted by molar-refractivity contribution is -0.134. The van der Waals surface area contributed by atoms with Gasteiger partial charge in [0.2, 0.25) is 5.91 Å². The molecule has 2 aliphatic rings. The van der Waals surface area contributed by atoms with Gasteiger partial charge in [0.15, 0.2) is 5.76 Å². The molecule has 1 saturated heterocycles. The van der Waals surface area contributed by atoms with Crippen molar-refractivity contribution < 1.29 is 9.32 Å². The monoisotopic (exact) mass is 324 g/mol. The van der Waals surface area contributed by atoms with Crippen LogP contribution in [0.5, 0.6) is 0 Å². The van der Waals surface area contributed by atoms with E-state index in [1.807, 2.05) is 17.9 Å². The molecule has 0 unspecified atom stereocenters. The third-order valence-corrected chi connectivity index (χ3v) is 5.58. The lowest BCUT2D eigenvalue weighted by atomic mass is 10.0. The molecule has 0 spiro atoms. The van der Waals surface area contributed by atoms with Crippen LogP contribution in [0, 0.1) is 26.7 Å². The summed E-state index contributed by atoms with van der Waals surface area (Å²) in [6.45, 7) is 7.02. The van der Waals surface area contributed by atoms with Crippen molar-refractivity contribution in [2.45, 2.75) is 52.0 Å². The molecule has 1 aliphatic heterocycles.